The molecule has 0 saturated carbocycles. The van der Waals surface area contributed by atoms with Crippen molar-refractivity contribution in [2.24, 2.45) is 4.99 Å². The van der Waals surface area contributed by atoms with Gasteiger partial charge in [0.2, 0.25) is 30.4 Å². The molecule has 13 nitrogen and oxygen atoms in total. The summed E-state index contributed by atoms with van der Waals surface area (Å²) in [6, 6.07) is 0. The predicted octanol–water partition coefficient (Wildman–Crippen LogP) is -0.180. The van der Waals surface area contributed by atoms with E-state index in [1.54, 1.807) is 0 Å². The number of hydrogen-bond acceptors (Lipinski definition) is 11. The second-order valence-corrected chi connectivity index (χ2v) is 10.1. The number of anilines is 1. The first-order valence-electron chi connectivity index (χ1n) is 13.3. The van der Waals surface area contributed by atoms with Crippen LogP contribution in [0.5, 0.6) is 0 Å². The second-order valence-electron chi connectivity index (χ2n) is 10.1. The summed E-state index contributed by atoms with van der Waals surface area (Å²) < 4.78 is 11.3. The van der Waals surface area contributed by atoms with E-state index in [9.17, 15) is 30.3 Å². The molecule has 2 fully saturated rings. The molecule has 208 valence electrons. The molecule has 0 aliphatic carbocycles. The molecule has 8 atom stereocenters. The molecule has 3 aliphatic heterocycles. The lowest BCUT2D eigenvalue weighted by molar-refractivity contribution is -0.133. The lowest BCUT2D eigenvalue weighted by Crippen LogP contribution is -2.65. The number of quaternary nitrogens is 1. The average molecular weight is 527 g/mol. The molecule has 13 heteroatoms. The lowest BCUT2D eigenvalue weighted by Gasteiger charge is -2.39. The Morgan fingerprint density at radius 1 is 1.03 bits per heavy atom. The maximum absolute atomic E-state index is 13.0. The number of aliphatic imine (C=N–C) groups is 1. The van der Waals surface area contributed by atoms with Gasteiger partial charge < -0.3 is 40.3 Å². The van der Waals surface area contributed by atoms with E-state index in [-0.39, 0.29) is 23.9 Å². The van der Waals surface area contributed by atoms with E-state index >= 15 is 0 Å². The summed E-state index contributed by atoms with van der Waals surface area (Å²) >= 11 is 0. The summed E-state index contributed by atoms with van der Waals surface area (Å²) in [4.78, 5) is 24.5. The highest BCUT2D eigenvalue weighted by atomic mass is 16.6. The van der Waals surface area contributed by atoms with Crippen molar-refractivity contribution in [3.63, 3.8) is 0 Å². The van der Waals surface area contributed by atoms with E-state index in [4.69, 9.17) is 9.47 Å². The SMILES string of the molecule is CCCCCCCCCNc1nc2c(c(=O)[nH]1)N=C[N+]2(C1C[C@H](O)[C@@H](CO)O1)[C@@H]1O[C@H](CO)[C@@H](O)[C@H]1O. The van der Waals surface area contributed by atoms with E-state index in [0.717, 1.165) is 19.3 Å². The number of unbranched alkanes of at least 4 members (excludes halogenated alkanes) is 6. The molecule has 1 aromatic heterocycles. The molecule has 2 saturated heterocycles. The number of nitrogens with one attached hydrogen (secondary N) is 2. The minimum Gasteiger partial charge on any atom is -0.394 e. The lowest BCUT2D eigenvalue weighted by atomic mass is 10.1. The van der Waals surface area contributed by atoms with Gasteiger partial charge >= 0.3 is 0 Å². The average Bonchev–Trinajstić information content (AvgIpc) is 3.55. The number of aromatic nitrogens is 2. The zero-order chi connectivity index (χ0) is 26.6. The number of nitrogens with zero attached hydrogens (tertiary/aromatic N) is 3. The van der Waals surface area contributed by atoms with Crippen LogP contribution in [0.15, 0.2) is 9.79 Å². The zero-order valence-electron chi connectivity index (χ0n) is 21.2. The third kappa shape index (κ3) is 5.45. The normalized spacial score (nSPS) is 34.8. The van der Waals surface area contributed by atoms with Crippen LogP contribution in [0.25, 0.3) is 0 Å². The Kier molecular flexibility index (Phi) is 9.29. The third-order valence-electron chi connectivity index (χ3n) is 7.49. The largest absolute Gasteiger partial charge is 0.394 e. The fourth-order valence-corrected chi connectivity index (χ4v) is 5.36. The van der Waals surface area contributed by atoms with Gasteiger partial charge in [-0.3, -0.25) is 9.78 Å². The van der Waals surface area contributed by atoms with Crippen LogP contribution in [-0.2, 0) is 9.47 Å². The fourth-order valence-electron chi connectivity index (χ4n) is 5.36. The molecular formula is C24H40N5O8+. The van der Waals surface area contributed by atoms with Crippen LogP contribution >= 0.6 is 0 Å². The Bertz CT molecular complexity index is 992. The van der Waals surface area contributed by atoms with Gasteiger partial charge in [-0.25, -0.2) is 0 Å². The maximum atomic E-state index is 13.0. The molecule has 3 aliphatic rings. The standard InChI is InChI=1S/C24H39N5O8/c1-2-3-4-5-6-7-8-9-25-24-27-21-18(22(35)28-24)26-13-29(21,17-10-14(32)15(11-30)36-17)23-20(34)19(33)16(12-31)37-23/h13-17,19-20,23,30-34H,2-12H2,1H3,(H-,25,27,28,35)/p+1/t14-,15+,16+,17?,19+,20+,23+,29?/m0/s1. The van der Waals surface area contributed by atoms with E-state index in [1.165, 1.54) is 32.0 Å². The molecule has 0 amide bonds. The number of ether oxygens (including phenoxy) is 2. The second kappa shape index (κ2) is 12.3. The molecule has 2 unspecified atom stereocenters. The molecule has 37 heavy (non-hydrogen) atoms. The molecule has 4 heterocycles. The van der Waals surface area contributed by atoms with E-state index in [0.29, 0.717) is 6.54 Å². The van der Waals surface area contributed by atoms with Crippen LogP contribution in [0.4, 0.5) is 17.5 Å². The highest BCUT2D eigenvalue weighted by Gasteiger charge is 2.63. The van der Waals surface area contributed by atoms with Crippen molar-refractivity contribution in [3.8, 4) is 0 Å². The number of hydrogen-bond donors (Lipinski definition) is 7. The van der Waals surface area contributed by atoms with Gasteiger partial charge in [0.25, 0.3) is 11.4 Å². The van der Waals surface area contributed by atoms with Crippen molar-refractivity contribution in [1.82, 2.24) is 14.5 Å². The van der Waals surface area contributed by atoms with E-state index in [2.05, 4.69) is 27.2 Å². The molecule has 0 spiro atoms. The van der Waals surface area contributed by atoms with Crippen LogP contribution < -0.4 is 15.4 Å². The number of rotatable bonds is 13. The Hall–Kier alpha value is -1.97. The first kappa shape index (κ1) is 28.0. The molecular weight excluding hydrogens is 486 g/mol. The van der Waals surface area contributed by atoms with Gasteiger partial charge in [-0.15, -0.1) is 0 Å². The number of H-pyrrole nitrogens is 1. The van der Waals surface area contributed by atoms with Crippen LogP contribution in [0.1, 0.15) is 58.3 Å². The monoisotopic (exact) mass is 526 g/mol. The summed E-state index contributed by atoms with van der Waals surface area (Å²) in [7, 11) is 0. The predicted molar refractivity (Wildman–Crippen MR) is 135 cm³/mol. The fraction of sp³-hybridized carbons (Fsp3) is 0.792. The summed E-state index contributed by atoms with van der Waals surface area (Å²) in [6.07, 6.45) is 1.30. The van der Waals surface area contributed by atoms with Crippen molar-refractivity contribution >= 4 is 23.8 Å². The van der Waals surface area contributed by atoms with Gasteiger partial charge in [0.15, 0.2) is 6.10 Å². The minimum atomic E-state index is -1.48. The summed E-state index contributed by atoms with van der Waals surface area (Å²) in [6.45, 7) is 1.80. The molecule has 0 radical (unpaired) electrons. The van der Waals surface area contributed by atoms with Crippen molar-refractivity contribution in [2.45, 2.75) is 101 Å². The number of fused-ring (bicyclic) bond motifs is 1. The van der Waals surface area contributed by atoms with E-state index < -0.39 is 66.2 Å². The smallest absolute Gasteiger partial charge is 0.284 e. The molecule has 7 N–H and O–H groups in total. The molecule has 0 bridgehead atoms. The van der Waals surface area contributed by atoms with Gasteiger partial charge in [0.05, 0.1) is 25.7 Å². The van der Waals surface area contributed by atoms with Crippen LogP contribution in [0, 0.1) is 0 Å². The minimum absolute atomic E-state index is 0.00949. The van der Waals surface area contributed by atoms with E-state index in [1.807, 2.05) is 0 Å². The molecule has 0 aromatic carbocycles. The summed E-state index contributed by atoms with van der Waals surface area (Å²) in [5.41, 5.74) is -0.517. The first-order valence-corrected chi connectivity index (χ1v) is 13.3. The highest BCUT2D eigenvalue weighted by Crippen LogP contribution is 2.45. The number of aliphatic hydroxyl groups is 5. The molecule has 1 aromatic rings. The molecule has 4 rings (SSSR count). The number of aliphatic hydroxyl groups excluding tert-OH is 5. The van der Waals surface area contributed by atoms with Crippen molar-refractivity contribution in [1.29, 1.82) is 0 Å². The maximum Gasteiger partial charge on any atom is 0.284 e. The van der Waals surface area contributed by atoms with Gasteiger partial charge in [-0.1, -0.05) is 45.4 Å². The Labute approximate surface area is 215 Å². The summed E-state index contributed by atoms with van der Waals surface area (Å²) in [5.74, 6) is 0.336. The van der Waals surface area contributed by atoms with Crippen molar-refractivity contribution in [3.05, 3.63) is 10.4 Å². The third-order valence-corrected chi connectivity index (χ3v) is 7.49. The van der Waals surface area contributed by atoms with Crippen LogP contribution in [-0.4, -0.2) is 105 Å². The van der Waals surface area contributed by atoms with Crippen LogP contribution in [0.2, 0.25) is 0 Å². The van der Waals surface area contributed by atoms with Gasteiger partial charge in [0, 0.05) is 6.54 Å². The zero-order valence-corrected chi connectivity index (χ0v) is 21.2. The van der Waals surface area contributed by atoms with Crippen molar-refractivity contribution < 1.29 is 35.0 Å². The van der Waals surface area contributed by atoms with Crippen LogP contribution in [0.3, 0.4) is 0 Å². The topological polar surface area (TPSA) is 190 Å². The summed E-state index contributed by atoms with van der Waals surface area (Å²) in [5, 5.41) is 54.3. The Morgan fingerprint density at radius 2 is 1.73 bits per heavy atom. The Morgan fingerprint density at radius 3 is 2.38 bits per heavy atom. The van der Waals surface area contributed by atoms with Gasteiger partial charge in [0.1, 0.15) is 18.3 Å². The first-order chi connectivity index (χ1) is 17.9. The van der Waals surface area contributed by atoms with Gasteiger partial charge in [-0.2, -0.15) is 14.5 Å². The Balaban J connectivity index is 1.59. The highest BCUT2D eigenvalue weighted by molar-refractivity contribution is 5.87. The number of aromatic amines is 1. The van der Waals surface area contributed by atoms with Gasteiger partial charge in [-0.05, 0) is 6.42 Å². The van der Waals surface area contributed by atoms with Crippen molar-refractivity contribution in [2.75, 3.05) is 25.1 Å². The quantitative estimate of drug-likeness (QED) is 0.134.